The van der Waals surface area contributed by atoms with Crippen LogP contribution >= 0.6 is 34.9 Å². The van der Waals surface area contributed by atoms with E-state index in [0.29, 0.717) is 5.65 Å². The van der Waals surface area contributed by atoms with Crippen molar-refractivity contribution in [2.75, 3.05) is 0 Å². The first-order valence-electron chi connectivity index (χ1n) is 5.13. The van der Waals surface area contributed by atoms with E-state index < -0.39 is 0 Å². The Morgan fingerprint density at radius 3 is 3.06 bits per heavy atom. The van der Waals surface area contributed by atoms with Gasteiger partial charge in [0.25, 0.3) is 0 Å². The van der Waals surface area contributed by atoms with Crippen LogP contribution in [0.1, 0.15) is 12.7 Å². The summed E-state index contributed by atoms with van der Waals surface area (Å²) >= 11 is 8.64. The molecule has 3 rings (SSSR count). The van der Waals surface area contributed by atoms with Crippen molar-refractivity contribution in [3.63, 3.8) is 0 Å². The molecule has 3 heterocycles. The fraction of sp³-hybridized carbons (Fsp3) is 0.222. The summed E-state index contributed by atoms with van der Waals surface area (Å²) in [6.45, 7) is 2.02. The van der Waals surface area contributed by atoms with Gasteiger partial charge in [0.15, 0.2) is 9.99 Å². The summed E-state index contributed by atoms with van der Waals surface area (Å²) in [6.07, 6.45) is 2.50. The molecule has 0 amide bonds. The first-order chi connectivity index (χ1) is 8.76. The Bertz CT molecular complexity index is 693. The maximum Gasteiger partial charge on any atom is 0.225 e. The van der Waals surface area contributed by atoms with Crippen molar-refractivity contribution in [2.45, 2.75) is 22.7 Å². The number of aromatic amines is 1. The summed E-state index contributed by atoms with van der Waals surface area (Å²) in [5, 5.41) is 8.46. The monoisotopic (exact) mass is 298 g/mol. The fourth-order valence-corrected chi connectivity index (χ4v) is 3.29. The summed E-state index contributed by atoms with van der Waals surface area (Å²) < 4.78 is 5.07. The minimum atomic E-state index is 0.189. The molecule has 0 unspecified atom stereocenters. The fourth-order valence-electron chi connectivity index (χ4n) is 1.37. The summed E-state index contributed by atoms with van der Waals surface area (Å²) in [4.78, 5) is 12.6. The van der Waals surface area contributed by atoms with E-state index in [1.54, 1.807) is 6.20 Å². The van der Waals surface area contributed by atoms with Crippen molar-refractivity contribution in [1.82, 2.24) is 29.5 Å². The van der Waals surface area contributed by atoms with E-state index in [0.717, 1.165) is 27.0 Å². The van der Waals surface area contributed by atoms with Crippen LogP contribution in [0.5, 0.6) is 0 Å². The van der Waals surface area contributed by atoms with Crippen molar-refractivity contribution in [2.24, 2.45) is 0 Å². The number of rotatable bonds is 3. The van der Waals surface area contributed by atoms with E-state index in [2.05, 4.69) is 29.5 Å². The molecule has 0 aliphatic heterocycles. The standard InChI is InChI=1S/C9H7ClN6S2/c1-2-5-12-9(18-16-5)17-7-4-3-11-15-6(4)13-8(10)14-7/h3H,2H2,1H3,(H,11,13,14,15). The van der Waals surface area contributed by atoms with E-state index in [4.69, 9.17) is 11.6 Å². The molecule has 0 saturated carbocycles. The number of fused-ring (bicyclic) bond motifs is 1. The van der Waals surface area contributed by atoms with Gasteiger partial charge < -0.3 is 0 Å². The predicted molar refractivity (Wildman–Crippen MR) is 70.1 cm³/mol. The number of aryl methyl sites for hydroxylation is 1. The van der Waals surface area contributed by atoms with Gasteiger partial charge in [-0.1, -0.05) is 6.92 Å². The van der Waals surface area contributed by atoms with Crippen molar-refractivity contribution >= 4 is 45.9 Å². The number of nitrogens with zero attached hydrogens (tertiary/aromatic N) is 5. The van der Waals surface area contributed by atoms with Gasteiger partial charge in [-0.3, -0.25) is 5.10 Å². The van der Waals surface area contributed by atoms with Crippen LogP contribution in [0.3, 0.4) is 0 Å². The van der Waals surface area contributed by atoms with Gasteiger partial charge in [0.1, 0.15) is 10.9 Å². The highest BCUT2D eigenvalue weighted by Crippen LogP contribution is 2.32. The topological polar surface area (TPSA) is 80.2 Å². The van der Waals surface area contributed by atoms with E-state index >= 15 is 0 Å². The summed E-state index contributed by atoms with van der Waals surface area (Å²) in [7, 11) is 0. The van der Waals surface area contributed by atoms with Crippen molar-refractivity contribution in [3.8, 4) is 0 Å². The molecule has 3 aromatic heterocycles. The SMILES string of the molecule is CCc1nsc(Sc2nc(Cl)nc3[nH]ncc23)n1. The van der Waals surface area contributed by atoms with Gasteiger partial charge in [-0.15, -0.1) is 0 Å². The second-order valence-corrected chi connectivity index (χ2v) is 5.69. The molecule has 0 aliphatic carbocycles. The van der Waals surface area contributed by atoms with Gasteiger partial charge >= 0.3 is 0 Å². The molecule has 18 heavy (non-hydrogen) atoms. The van der Waals surface area contributed by atoms with Crippen molar-refractivity contribution < 1.29 is 0 Å². The average Bonchev–Trinajstić information content (AvgIpc) is 2.97. The lowest BCUT2D eigenvalue weighted by Gasteiger charge is -1.98. The van der Waals surface area contributed by atoms with Crippen molar-refractivity contribution in [3.05, 3.63) is 17.3 Å². The lowest BCUT2D eigenvalue weighted by Crippen LogP contribution is -1.88. The maximum absolute atomic E-state index is 5.86. The zero-order valence-corrected chi connectivity index (χ0v) is 11.6. The lowest BCUT2D eigenvalue weighted by atomic mass is 10.4. The number of halogens is 1. The van der Waals surface area contributed by atoms with Crippen LogP contribution in [0.4, 0.5) is 0 Å². The number of nitrogens with one attached hydrogen (secondary N) is 1. The van der Waals surface area contributed by atoms with Gasteiger partial charge in [0.2, 0.25) is 5.28 Å². The first-order valence-corrected chi connectivity index (χ1v) is 7.10. The van der Waals surface area contributed by atoms with Gasteiger partial charge in [-0.05, 0) is 34.9 Å². The third-order valence-corrected chi connectivity index (χ3v) is 4.16. The van der Waals surface area contributed by atoms with Gasteiger partial charge in [0, 0.05) is 6.42 Å². The van der Waals surface area contributed by atoms with Crippen LogP contribution in [0.25, 0.3) is 11.0 Å². The Morgan fingerprint density at radius 2 is 2.28 bits per heavy atom. The van der Waals surface area contributed by atoms with Crippen LogP contribution in [0, 0.1) is 0 Å². The highest BCUT2D eigenvalue weighted by Gasteiger charge is 2.12. The van der Waals surface area contributed by atoms with E-state index in [1.165, 1.54) is 23.3 Å². The van der Waals surface area contributed by atoms with Crippen molar-refractivity contribution in [1.29, 1.82) is 0 Å². The molecule has 9 heteroatoms. The van der Waals surface area contributed by atoms with Gasteiger partial charge in [-0.25, -0.2) is 9.97 Å². The van der Waals surface area contributed by atoms with Crippen LogP contribution in [0.2, 0.25) is 5.28 Å². The number of aromatic nitrogens is 6. The van der Waals surface area contributed by atoms with Crippen LogP contribution in [0.15, 0.2) is 15.6 Å². The molecule has 1 N–H and O–H groups in total. The third kappa shape index (κ3) is 2.18. The van der Waals surface area contributed by atoms with Gasteiger partial charge in [-0.2, -0.15) is 14.5 Å². The first kappa shape index (κ1) is 11.8. The zero-order valence-electron chi connectivity index (χ0n) is 9.21. The minimum Gasteiger partial charge on any atom is -0.261 e. The van der Waals surface area contributed by atoms with Crippen LogP contribution in [-0.2, 0) is 6.42 Å². The molecule has 0 aromatic carbocycles. The molecule has 0 spiro atoms. The molecule has 0 bridgehead atoms. The third-order valence-electron chi connectivity index (χ3n) is 2.20. The largest absolute Gasteiger partial charge is 0.261 e. The Labute approximate surface area is 115 Å². The summed E-state index contributed by atoms with van der Waals surface area (Å²) in [6, 6.07) is 0. The number of H-pyrrole nitrogens is 1. The van der Waals surface area contributed by atoms with E-state index in [9.17, 15) is 0 Å². The second kappa shape index (κ2) is 4.79. The molecule has 3 aromatic rings. The Kier molecular flexibility index (Phi) is 3.14. The van der Waals surface area contributed by atoms with Crippen LogP contribution in [-0.4, -0.2) is 29.5 Å². The molecular weight excluding hydrogens is 292 g/mol. The summed E-state index contributed by atoms with van der Waals surface area (Å²) in [5.74, 6) is 0.839. The molecule has 0 radical (unpaired) electrons. The predicted octanol–water partition coefficient (Wildman–Crippen LogP) is 2.57. The Balaban J connectivity index is 2.00. The quantitative estimate of drug-likeness (QED) is 0.591. The van der Waals surface area contributed by atoms with E-state index in [1.807, 2.05) is 6.92 Å². The molecular formula is C9H7ClN6S2. The Morgan fingerprint density at radius 1 is 1.39 bits per heavy atom. The molecule has 92 valence electrons. The smallest absolute Gasteiger partial charge is 0.225 e. The molecule has 0 aliphatic rings. The average molecular weight is 299 g/mol. The van der Waals surface area contributed by atoms with E-state index in [-0.39, 0.29) is 5.28 Å². The number of hydrogen-bond donors (Lipinski definition) is 1. The Hall–Kier alpha value is -1.25. The van der Waals surface area contributed by atoms with Gasteiger partial charge in [0.05, 0.1) is 11.6 Å². The lowest BCUT2D eigenvalue weighted by molar-refractivity contribution is 0.970. The minimum absolute atomic E-state index is 0.189. The summed E-state index contributed by atoms with van der Waals surface area (Å²) in [5.41, 5.74) is 0.623. The molecule has 0 saturated heterocycles. The number of hydrogen-bond acceptors (Lipinski definition) is 7. The second-order valence-electron chi connectivity index (χ2n) is 3.36. The normalized spacial score (nSPS) is 11.2. The highest BCUT2D eigenvalue weighted by molar-refractivity contribution is 8.01. The molecule has 6 nitrogen and oxygen atoms in total. The highest BCUT2D eigenvalue weighted by atomic mass is 35.5. The molecule has 0 fully saturated rings. The van der Waals surface area contributed by atoms with Crippen LogP contribution < -0.4 is 0 Å². The zero-order chi connectivity index (χ0) is 12.5. The molecule has 0 atom stereocenters. The maximum atomic E-state index is 5.86.